The van der Waals surface area contributed by atoms with Gasteiger partial charge in [0.15, 0.2) is 0 Å². The highest BCUT2D eigenvalue weighted by Gasteiger charge is 2.39. The molecule has 1 aliphatic rings. The molecule has 3 aromatic carbocycles. The van der Waals surface area contributed by atoms with Gasteiger partial charge >= 0.3 is 6.09 Å². The van der Waals surface area contributed by atoms with Crippen molar-refractivity contribution in [3.63, 3.8) is 0 Å². The quantitative estimate of drug-likeness (QED) is 0.234. The molecule has 3 amide bonds. The van der Waals surface area contributed by atoms with E-state index in [1.165, 1.54) is 30.3 Å². The van der Waals surface area contributed by atoms with E-state index in [-0.39, 0.29) is 24.9 Å². The number of rotatable bonds is 9. The molecule has 0 radical (unpaired) electrons. The third-order valence-corrected chi connectivity index (χ3v) is 6.85. The van der Waals surface area contributed by atoms with Crippen LogP contribution in [-0.4, -0.2) is 54.5 Å². The van der Waals surface area contributed by atoms with Gasteiger partial charge in [-0.1, -0.05) is 36.4 Å². The average Bonchev–Trinajstić information content (AvgIpc) is 3.37. The van der Waals surface area contributed by atoms with Crippen LogP contribution in [0.25, 0.3) is 6.08 Å². The van der Waals surface area contributed by atoms with E-state index in [0.29, 0.717) is 22.6 Å². The van der Waals surface area contributed by atoms with Crippen molar-refractivity contribution in [2.45, 2.75) is 38.7 Å². The fraction of sp³-hybridized carbons (Fsp3) is 0.303. The number of amides is 3. The number of hydrogen-bond donors (Lipinski definition) is 3. The zero-order valence-electron chi connectivity index (χ0n) is 24.7. The monoisotopic (exact) mass is 608 g/mol. The molecule has 1 saturated heterocycles. The molecule has 0 saturated carbocycles. The Bertz CT molecular complexity index is 1490. The first-order valence-corrected chi connectivity index (χ1v) is 14.1. The van der Waals surface area contributed by atoms with Crippen molar-refractivity contribution in [1.29, 1.82) is 0 Å². The van der Waals surface area contributed by atoms with Crippen molar-refractivity contribution in [2.24, 2.45) is 5.92 Å². The summed E-state index contributed by atoms with van der Waals surface area (Å²) in [7, 11) is 0. The molecule has 1 heterocycles. The van der Waals surface area contributed by atoms with E-state index in [0.717, 1.165) is 5.56 Å². The predicted molar refractivity (Wildman–Crippen MR) is 164 cm³/mol. The van der Waals surface area contributed by atoms with Gasteiger partial charge in [0.1, 0.15) is 11.4 Å². The fourth-order valence-electron chi connectivity index (χ4n) is 4.92. The molecule has 4 rings (SSSR count). The second-order valence-electron chi connectivity index (χ2n) is 11.5. The molecule has 1 fully saturated rings. The van der Waals surface area contributed by atoms with E-state index >= 15 is 0 Å². The Labute approximate surface area is 254 Å². The first-order chi connectivity index (χ1) is 20.9. The van der Waals surface area contributed by atoms with E-state index < -0.39 is 42.3 Å². The molecule has 0 bridgehead atoms. The maximum atomic E-state index is 13.3. The number of halogens is 3. The smallest absolute Gasteiger partial charge is 0.412 e. The number of nitrogens with one attached hydrogen (secondary N) is 3. The fourth-order valence-corrected chi connectivity index (χ4v) is 4.92. The number of ether oxygens (including phenoxy) is 1. The topological polar surface area (TPSA) is 99.8 Å². The summed E-state index contributed by atoms with van der Waals surface area (Å²) in [5, 5.41) is 8.14. The zero-order chi connectivity index (χ0) is 31.9. The first-order valence-electron chi connectivity index (χ1n) is 14.1. The Balaban J connectivity index is 1.41. The number of para-hydroxylation sites is 2. The van der Waals surface area contributed by atoms with Gasteiger partial charge in [0.2, 0.25) is 11.8 Å². The van der Waals surface area contributed by atoms with E-state index in [4.69, 9.17) is 4.74 Å². The second kappa shape index (κ2) is 14.2. The SMILES string of the molecule is CC(C)(C)OC(=O)Nc1ccccc1NC(=O)C=Cc1ccc(C2CN(CC(F)F)CC2C(=O)Nc2ccc(F)cc2)cc1. The summed E-state index contributed by atoms with van der Waals surface area (Å²) in [6, 6.07) is 19.3. The largest absolute Gasteiger partial charge is 0.444 e. The third-order valence-electron chi connectivity index (χ3n) is 6.85. The number of alkyl halides is 2. The van der Waals surface area contributed by atoms with Crippen LogP contribution in [0.4, 0.5) is 35.0 Å². The molecule has 0 aromatic heterocycles. The van der Waals surface area contributed by atoms with Crippen LogP contribution in [0.15, 0.2) is 78.9 Å². The van der Waals surface area contributed by atoms with Gasteiger partial charge in [-0.15, -0.1) is 0 Å². The minimum absolute atomic E-state index is 0.161. The van der Waals surface area contributed by atoms with Crippen molar-refractivity contribution in [3.8, 4) is 0 Å². The maximum absolute atomic E-state index is 13.3. The molecule has 1 aliphatic heterocycles. The Morgan fingerprint density at radius 3 is 2.16 bits per heavy atom. The molecule has 11 heteroatoms. The van der Waals surface area contributed by atoms with E-state index in [2.05, 4.69) is 16.0 Å². The Morgan fingerprint density at radius 1 is 0.909 bits per heavy atom. The van der Waals surface area contributed by atoms with Crippen LogP contribution >= 0.6 is 0 Å². The highest BCUT2D eigenvalue weighted by atomic mass is 19.3. The van der Waals surface area contributed by atoms with Crippen LogP contribution < -0.4 is 16.0 Å². The van der Waals surface area contributed by atoms with Gasteiger partial charge in [-0.05, 0) is 74.4 Å². The average molecular weight is 609 g/mol. The van der Waals surface area contributed by atoms with E-state index in [1.807, 2.05) is 12.1 Å². The molecule has 2 unspecified atom stereocenters. The summed E-state index contributed by atoms with van der Waals surface area (Å²) in [5.41, 5.74) is 2.01. The molecule has 44 heavy (non-hydrogen) atoms. The molecule has 2 atom stereocenters. The highest BCUT2D eigenvalue weighted by molar-refractivity contribution is 6.05. The predicted octanol–water partition coefficient (Wildman–Crippen LogP) is 6.74. The van der Waals surface area contributed by atoms with Gasteiger partial charge in [-0.3, -0.25) is 19.8 Å². The van der Waals surface area contributed by atoms with Crippen molar-refractivity contribution in [2.75, 3.05) is 35.6 Å². The summed E-state index contributed by atoms with van der Waals surface area (Å²) >= 11 is 0. The van der Waals surface area contributed by atoms with E-state index in [9.17, 15) is 27.6 Å². The summed E-state index contributed by atoms with van der Waals surface area (Å²) in [4.78, 5) is 39.6. The van der Waals surface area contributed by atoms with E-state index in [1.54, 1.807) is 68.1 Å². The summed E-state index contributed by atoms with van der Waals surface area (Å²) < 4.78 is 44.9. The third kappa shape index (κ3) is 9.43. The van der Waals surface area contributed by atoms with Crippen LogP contribution in [0, 0.1) is 11.7 Å². The molecular weight excluding hydrogens is 573 g/mol. The minimum Gasteiger partial charge on any atom is -0.444 e. The lowest BCUT2D eigenvalue weighted by atomic mass is 9.88. The zero-order valence-corrected chi connectivity index (χ0v) is 24.7. The lowest BCUT2D eigenvalue weighted by Crippen LogP contribution is -2.30. The standard InChI is InChI=1S/C33H35F3N4O4/c1-33(2,3)44-32(43)39-28-7-5-4-6-27(28)38-30(41)17-10-21-8-11-22(12-9-21)25-18-40(20-29(35)36)19-26(25)31(42)37-24-15-13-23(34)14-16-24/h4-17,25-26,29H,18-20H2,1-3H3,(H,37,42)(H,38,41)(H,39,43). The number of nitrogens with zero attached hydrogens (tertiary/aromatic N) is 1. The van der Waals surface area contributed by atoms with Crippen molar-refractivity contribution in [3.05, 3.63) is 95.8 Å². The first kappa shape index (κ1) is 32.3. The van der Waals surface area contributed by atoms with Crippen molar-refractivity contribution < 1.29 is 32.3 Å². The van der Waals surface area contributed by atoms with Gasteiger partial charge in [0.25, 0.3) is 6.43 Å². The molecular formula is C33H35F3N4O4. The van der Waals surface area contributed by atoms with Gasteiger partial charge in [0.05, 0.1) is 23.8 Å². The molecule has 232 valence electrons. The Kier molecular flexibility index (Phi) is 10.4. The van der Waals surface area contributed by atoms with Gasteiger partial charge < -0.3 is 15.4 Å². The number of hydrogen-bond acceptors (Lipinski definition) is 5. The highest BCUT2D eigenvalue weighted by Crippen LogP contribution is 2.34. The number of carbonyl (C=O) groups excluding carboxylic acids is 3. The lowest BCUT2D eigenvalue weighted by Gasteiger charge is -2.20. The summed E-state index contributed by atoms with van der Waals surface area (Å²) in [5.74, 6) is -2.13. The van der Waals surface area contributed by atoms with Crippen LogP contribution in [0.3, 0.4) is 0 Å². The lowest BCUT2D eigenvalue weighted by molar-refractivity contribution is -0.120. The van der Waals surface area contributed by atoms with Crippen molar-refractivity contribution in [1.82, 2.24) is 4.90 Å². The second-order valence-corrected chi connectivity index (χ2v) is 11.5. The van der Waals surface area contributed by atoms with Crippen LogP contribution in [-0.2, 0) is 14.3 Å². The normalized spacial score (nSPS) is 17.1. The van der Waals surface area contributed by atoms with Crippen LogP contribution in [0.5, 0.6) is 0 Å². The molecule has 0 aliphatic carbocycles. The number of likely N-dealkylation sites (tertiary alicyclic amines) is 1. The van der Waals surface area contributed by atoms with Gasteiger partial charge in [-0.25, -0.2) is 18.0 Å². The summed E-state index contributed by atoms with van der Waals surface area (Å²) in [6.07, 6.45) is -0.227. The number of carbonyl (C=O) groups is 3. The maximum Gasteiger partial charge on any atom is 0.412 e. The van der Waals surface area contributed by atoms with Crippen molar-refractivity contribution >= 4 is 41.0 Å². The molecule has 3 aromatic rings. The van der Waals surface area contributed by atoms with Crippen LogP contribution in [0.2, 0.25) is 0 Å². The van der Waals surface area contributed by atoms with Gasteiger partial charge in [0, 0.05) is 30.8 Å². The molecule has 8 nitrogen and oxygen atoms in total. The van der Waals surface area contributed by atoms with Gasteiger partial charge in [-0.2, -0.15) is 0 Å². The van der Waals surface area contributed by atoms with Crippen LogP contribution in [0.1, 0.15) is 37.8 Å². The molecule has 0 spiro atoms. The number of anilines is 3. The Hall–Kier alpha value is -4.64. The molecule has 3 N–H and O–H groups in total. The summed E-state index contributed by atoms with van der Waals surface area (Å²) in [6.45, 7) is 5.24. The number of benzene rings is 3. The minimum atomic E-state index is -2.53. The Morgan fingerprint density at radius 2 is 1.55 bits per heavy atom.